The number of nitrogen functional groups attached to an aromatic ring is 1. The van der Waals surface area contributed by atoms with Crippen molar-refractivity contribution in [2.24, 2.45) is 21.5 Å². The van der Waals surface area contributed by atoms with E-state index in [0.717, 1.165) is 52.8 Å². The van der Waals surface area contributed by atoms with Gasteiger partial charge in [-0.25, -0.2) is 14.4 Å². The molecule has 2 unspecified atom stereocenters. The Morgan fingerprint density at radius 1 is 0.592 bits per heavy atom. The van der Waals surface area contributed by atoms with Crippen molar-refractivity contribution in [3.05, 3.63) is 113 Å². The van der Waals surface area contributed by atoms with Crippen LogP contribution in [0.4, 0.5) is 21.5 Å². The molecule has 0 aromatic heterocycles. The molecule has 2 aliphatic rings. The van der Waals surface area contributed by atoms with Crippen molar-refractivity contribution in [3.63, 3.8) is 0 Å². The first-order chi connectivity index (χ1) is 21.2. The van der Waals surface area contributed by atoms with Crippen LogP contribution in [0.5, 0.6) is 11.5 Å². The molecule has 2 atom stereocenters. The molecule has 4 aromatic carbocycles. The van der Waals surface area contributed by atoms with Crippen molar-refractivity contribution in [2.45, 2.75) is 52.2 Å². The molecular formula is C34H43Cl5FN7O2. The van der Waals surface area contributed by atoms with Gasteiger partial charge in [-0.1, -0.05) is 42.5 Å². The normalized spacial score (nSPS) is 14.9. The van der Waals surface area contributed by atoms with Gasteiger partial charge in [-0.3, -0.25) is 0 Å². The molecule has 0 radical (unpaired) electrons. The van der Waals surface area contributed by atoms with E-state index in [1.807, 2.05) is 80.6 Å². The van der Waals surface area contributed by atoms with E-state index in [4.69, 9.17) is 26.7 Å². The van der Waals surface area contributed by atoms with Gasteiger partial charge in [0, 0.05) is 37.4 Å². The maximum Gasteiger partial charge on any atom is 0.153 e. The molecule has 0 spiro atoms. The Morgan fingerprint density at radius 3 is 1.51 bits per heavy atom. The zero-order valence-corrected chi connectivity index (χ0v) is 31.0. The number of rotatable bonds is 8. The fraction of sp³-hybridized carbons (Fsp3) is 0.235. The quantitative estimate of drug-likeness (QED) is 0.118. The summed E-state index contributed by atoms with van der Waals surface area (Å²) in [7, 11) is 0. The summed E-state index contributed by atoms with van der Waals surface area (Å²) in [5.41, 5.74) is 23.7. The minimum absolute atomic E-state index is 0. The third-order valence-electron chi connectivity index (χ3n) is 7.23. The number of amidine groups is 2. The summed E-state index contributed by atoms with van der Waals surface area (Å²) in [5.74, 6) is 2.31. The zero-order chi connectivity index (χ0) is 31.1. The topological polar surface area (TPSA) is 145 Å². The average molecular weight is 778 g/mol. The molecule has 0 aliphatic carbocycles. The van der Waals surface area contributed by atoms with Crippen LogP contribution < -0.4 is 37.3 Å². The molecular weight excluding hydrogens is 735 g/mol. The number of fused-ring (bicyclic) bond motifs is 2. The first-order valence-electron chi connectivity index (χ1n) is 14.5. The van der Waals surface area contributed by atoms with Gasteiger partial charge in [-0.15, -0.1) is 62.0 Å². The van der Waals surface area contributed by atoms with Gasteiger partial charge in [0.05, 0.1) is 0 Å². The number of nitrogens with one attached hydrogen (secondary N) is 2. The molecule has 0 saturated heterocycles. The number of hydrogen-bond acceptors (Lipinski definition) is 9. The van der Waals surface area contributed by atoms with E-state index in [0.29, 0.717) is 30.3 Å². The number of nitrogens with two attached hydrogens (primary N) is 3. The van der Waals surface area contributed by atoms with Crippen LogP contribution in [0.1, 0.15) is 36.1 Å². The fourth-order valence-electron chi connectivity index (χ4n) is 4.65. The minimum Gasteiger partial charge on any atom is -0.481 e. The van der Waals surface area contributed by atoms with Crippen LogP contribution >= 0.6 is 62.0 Å². The predicted molar refractivity (Wildman–Crippen MR) is 210 cm³/mol. The number of halogens is 6. The van der Waals surface area contributed by atoms with E-state index in [-0.39, 0.29) is 80.1 Å². The minimum atomic E-state index is -0.197. The highest BCUT2D eigenvalue weighted by Crippen LogP contribution is 2.33. The first-order valence-corrected chi connectivity index (χ1v) is 14.5. The van der Waals surface area contributed by atoms with Gasteiger partial charge < -0.3 is 37.3 Å². The van der Waals surface area contributed by atoms with Crippen LogP contribution in [0.25, 0.3) is 0 Å². The van der Waals surface area contributed by atoms with Crippen LogP contribution in [0.2, 0.25) is 0 Å². The molecule has 9 nitrogen and oxygen atoms in total. The number of hydrogen-bond donors (Lipinski definition) is 5. The summed E-state index contributed by atoms with van der Waals surface area (Å²) in [4.78, 5) is 8.74. The highest BCUT2D eigenvalue weighted by molar-refractivity contribution is 5.90. The highest BCUT2D eigenvalue weighted by atomic mass is 35.5. The molecule has 0 fully saturated rings. The first kappa shape index (κ1) is 45.5. The van der Waals surface area contributed by atoms with Crippen LogP contribution in [-0.2, 0) is 26.2 Å². The Balaban J connectivity index is 0.000000853. The monoisotopic (exact) mass is 775 g/mol. The second-order valence-electron chi connectivity index (χ2n) is 10.7. The molecule has 8 N–H and O–H groups in total. The van der Waals surface area contributed by atoms with E-state index in [1.165, 1.54) is 11.6 Å². The van der Waals surface area contributed by atoms with Crippen LogP contribution in [-0.4, -0.2) is 23.9 Å². The summed E-state index contributed by atoms with van der Waals surface area (Å²) in [6.07, 6.45) is -0.362. The van der Waals surface area contributed by atoms with Crippen LogP contribution in [0, 0.1) is 5.82 Å². The number of anilines is 1. The number of benzene rings is 4. The van der Waals surface area contributed by atoms with Crippen LogP contribution in [0.15, 0.2) is 94.9 Å². The van der Waals surface area contributed by atoms with Crippen molar-refractivity contribution < 1.29 is 13.9 Å². The Bertz CT molecular complexity index is 1680. The number of ether oxygens (including phenoxy) is 2. The second kappa shape index (κ2) is 21.6. The van der Waals surface area contributed by atoms with E-state index >= 15 is 0 Å². The Kier molecular flexibility index (Phi) is 20.0. The van der Waals surface area contributed by atoms with E-state index in [2.05, 4.69) is 20.6 Å². The summed E-state index contributed by atoms with van der Waals surface area (Å²) < 4.78 is 24.9. The van der Waals surface area contributed by atoms with Gasteiger partial charge in [-0.05, 0) is 73.0 Å². The third-order valence-corrected chi connectivity index (χ3v) is 7.23. The van der Waals surface area contributed by atoms with Gasteiger partial charge in [0.15, 0.2) is 12.2 Å². The lowest BCUT2D eigenvalue weighted by molar-refractivity contribution is 0.281. The molecule has 4 aromatic rings. The standard InChI is InChI=1S/C17H18FN3O.C17H20N4O.5ClH/c1-11-17(19)21-15-8-12(6-7-16(15)22-11)9-20-10-13-4-2-3-5-14(13)18;1-11-17(19)21-15-8-13(4-7-16(15)22-11)10-20-9-12-2-5-14(18)6-3-12;;;;;/h2-8,11,20H,9-10H2,1H3,(H2,19,21);2-8,11,20H,9-10,18H2,1H3,(H2,19,21);5*1H. The third kappa shape index (κ3) is 12.7. The molecule has 2 heterocycles. The number of aliphatic imine (C=N–C) groups is 2. The molecule has 2 aliphatic heterocycles. The summed E-state index contributed by atoms with van der Waals surface area (Å²) in [6, 6.07) is 26.4. The lowest BCUT2D eigenvalue weighted by Crippen LogP contribution is -2.33. The van der Waals surface area contributed by atoms with Crippen molar-refractivity contribution in [3.8, 4) is 11.5 Å². The maximum absolute atomic E-state index is 13.5. The van der Waals surface area contributed by atoms with Crippen molar-refractivity contribution in [1.29, 1.82) is 0 Å². The summed E-state index contributed by atoms with van der Waals surface area (Å²) in [5, 5.41) is 6.63. The second-order valence-corrected chi connectivity index (χ2v) is 10.7. The molecule has 15 heteroatoms. The van der Waals surface area contributed by atoms with Crippen molar-refractivity contribution in [1.82, 2.24) is 10.6 Å². The van der Waals surface area contributed by atoms with Gasteiger partial charge in [0.1, 0.15) is 40.4 Å². The summed E-state index contributed by atoms with van der Waals surface area (Å²) >= 11 is 0. The molecule has 0 saturated carbocycles. The van der Waals surface area contributed by atoms with E-state index < -0.39 is 0 Å². The van der Waals surface area contributed by atoms with Gasteiger partial charge >= 0.3 is 0 Å². The Labute approximate surface area is 317 Å². The van der Waals surface area contributed by atoms with Crippen molar-refractivity contribution >= 4 is 90.8 Å². The molecule has 6 rings (SSSR count). The predicted octanol–water partition coefficient (Wildman–Crippen LogP) is 7.32. The fourth-order valence-corrected chi connectivity index (χ4v) is 4.65. The number of nitrogens with zero attached hydrogens (tertiary/aromatic N) is 2. The molecule has 0 bridgehead atoms. The summed E-state index contributed by atoms with van der Waals surface area (Å²) in [6.45, 7) is 6.39. The van der Waals surface area contributed by atoms with Gasteiger partial charge in [0.2, 0.25) is 0 Å². The smallest absolute Gasteiger partial charge is 0.153 e. The molecule has 0 amide bonds. The maximum atomic E-state index is 13.5. The van der Waals surface area contributed by atoms with Gasteiger partial charge in [0.25, 0.3) is 0 Å². The average Bonchev–Trinajstić information content (AvgIpc) is 3.01. The SMILES string of the molecule is CC1Oc2ccc(CNCc3ccc(N)cc3)cc2N=C1N.CC1Oc2ccc(CNCc3ccccc3F)cc2N=C1N.Cl.Cl.Cl.Cl.Cl. The van der Waals surface area contributed by atoms with E-state index in [1.54, 1.807) is 12.1 Å². The largest absolute Gasteiger partial charge is 0.481 e. The van der Waals surface area contributed by atoms with E-state index in [9.17, 15) is 4.39 Å². The zero-order valence-electron chi connectivity index (χ0n) is 26.9. The lowest BCUT2D eigenvalue weighted by atomic mass is 10.1. The lowest BCUT2D eigenvalue weighted by Gasteiger charge is -2.21. The highest BCUT2D eigenvalue weighted by Gasteiger charge is 2.19. The Hall–Kier alpha value is -3.48. The van der Waals surface area contributed by atoms with Crippen molar-refractivity contribution in [2.75, 3.05) is 5.73 Å². The molecule has 49 heavy (non-hydrogen) atoms. The van der Waals surface area contributed by atoms with Crippen LogP contribution in [0.3, 0.4) is 0 Å². The Morgan fingerprint density at radius 2 is 1.02 bits per heavy atom. The molecule has 268 valence electrons. The van der Waals surface area contributed by atoms with Gasteiger partial charge in [-0.2, -0.15) is 0 Å².